The first-order valence-electron chi connectivity index (χ1n) is 10.6. The molecule has 0 heterocycles. The molecule has 0 saturated heterocycles. The van der Waals surface area contributed by atoms with Gasteiger partial charge in [0.2, 0.25) is 10.0 Å². The normalized spacial score (nSPS) is 14.7. The number of rotatable bonds is 8. The smallest absolute Gasteiger partial charge is 0.257 e. The molecule has 0 bridgehead atoms. The van der Waals surface area contributed by atoms with Crippen molar-refractivity contribution >= 4 is 27.5 Å². The highest BCUT2D eigenvalue weighted by molar-refractivity contribution is 7.89. The molecule has 1 fully saturated rings. The van der Waals surface area contributed by atoms with E-state index >= 15 is 0 Å². The maximum atomic E-state index is 13.0. The number of carbonyl (C=O) groups excluding carboxylic acids is 2. The summed E-state index contributed by atoms with van der Waals surface area (Å²) >= 11 is 0. The molecule has 32 heavy (non-hydrogen) atoms. The van der Waals surface area contributed by atoms with Crippen LogP contribution in [0, 0.1) is 0 Å². The Morgan fingerprint density at radius 2 is 1.75 bits per heavy atom. The van der Waals surface area contributed by atoms with Gasteiger partial charge in [0, 0.05) is 37.5 Å². The summed E-state index contributed by atoms with van der Waals surface area (Å²) in [4.78, 5) is 24.1. The van der Waals surface area contributed by atoms with Crippen molar-refractivity contribution in [1.82, 2.24) is 9.62 Å². The summed E-state index contributed by atoms with van der Waals surface area (Å²) in [6.45, 7) is -0.126. The van der Waals surface area contributed by atoms with E-state index in [9.17, 15) is 18.0 Å². The summed E-state index contributed by atoms with van der Waals surface area (Å²) in [7, 11) is -0.458. The molecule has 2 N–H and O–H groups in total. The molecular weight excluding hydrogens is 430 g/mol. The van der Waals surface area contributed by atoms with Gasteiger partial charge < -0.3 is 15.4 Å². The van der Waals surface area contributed by atoms with Gasteiger partial charge >= 0.3 is 0 Å². The number of amides is 2. The Kier molecular flexibility index (Phi) is 7.87. The number of benzene rings is 2. The minimum absolute atomic E-state index is 0.0228. The molecule has 1 saturated carbocycles. The molecule has 0 atom stereocenters. The molecule has 3 rings (SSSR count). The van der Waals surface area contributed by atoms with Crippen LogP contribution in [0.1, 0.15) is 42.5 Å². The van der Waals surface area contributed by atoms with Crippen molar-refractivity contribution in [3.8, 4) is 5.75 Å². The van der Waals surface area contributed by atoms with Gasteiger partial charge in [0.1, 0.15) is 5.75 Å². The van der Waals surface area contributed by atoms with Crippen LogP contribution in [0.25, 0.3) is 0 Å². The van der Waals surface area contributed by atoms with Crippen LogP contribution < -0.4 is 15.4 Å². The van der Waals surface area contributed by atoms with E-state index in [4.69, 9.17) is 4.74 Å². The molecule has 1 aliphatic carbocycles. The fourth-order valence-corrected chi connectivity index (χ4v) is 5.09. The molecule has 9 heteroatoms. The standard InChI is InChI=1S/C23H29N3O5S/c1-24-22(27)16-31-20-10-6-7-18(15-20)25-23(28)17-11-13-21(14-12-17)32(29,30)26(2)19-8-4-3-5-9-19/h6-7,10-15,19H,3-5,8-9,16H2,1-2H3,(H,24,27)(H,25,28). The highest BCUT2D eigenvalue weighted by Gasteiger charge is 2.29. The highest BCUT2D eigenvalue weighted by atomic mass is 32.2. The number of nitrogens with zero attached hydrogens (tertiary/aromatic N) is 1. The van der Waals surface area contributed by atoms with Gasteiger partial charge in [0.15, 0.2) is 6.61 Å². The van der Waals surface area contributed by atoms with Crippen LogP contribution in [0.2, 0.25) is 0 Å². The average Bonchev–Trinajstić information content (AvgIpc) is 2.82. The summed E-state index contributed by atoms with van der Waals surface area (Å²) in [5.74, 6) is -0.194. The Morgan fingerprint density at radius 1 is 1.06 bits per heavy atom. The Morgan fingerprint density at radius 3 is 2.41 bits per heavy atom. The summed E-state index contributed by atoms with van der Waals surface area (Å²) in [5, 5.41) is 5.22. The van der Waals surface area contributed by atoms with E-state index in [2.05, 4.69) is 10.6 Å². The summed E-state index contributed by atoms with van der Waals surface area (Å²) in [6, 6.07) is 12.6. The molecule has 1 aliphatic rings. The Balaban J connectivity index is 1.65. The van der Waals surface area contributed by atoms with Gasteiger partial charge in [-0.2, -0.15) is 4.31 Å². The van der Waals surface area contributed by atoms with Crippen LogP contribution in [0.5, 0.6) is 5.75 Å². The summed E-state index contributed by atoms with van der Waals surface area (Å²) in [5.41, 5.74) is 0.832. The van der Waals surface area contributed by atoms with Gasteiger partial charge in [0.25, 0.3) is 11.8 Å². The number of carbonyl (C=O) groups is 2. The summed E-state index contributed by atoms with van der Waals surface area (Å²) in [6.07, 6.45) is 4.99. The minimum atomic E-state index is -3.61. The molecule has 172 valence electrons. The zero-order valence-corrected chi connectivity index (χ0v) is 19.2. The van der Waals surface area contributed by atoms with E-state index in [1.54, 1.807) is 31.3 Å². The molecular formula is C23H29N3O5S. The van der Waals surface area contributed by atoms with Gasteiger partial charge in [0.05, 0.1) is 4.90 Å². The molecule has 2 amide bonds. The van der Waals surface area contributed by atoms with Crippen LogP contribution in [0.15, 0.2) is 53.4 Å². The topological polar surface area (TPSA) is 105 Å². The first-order chi connectivity index (χ1) is 15.3. The zero-order chi connectivity index (χ0) is 23.1. The lowest BCUT2D eigenvalue weighted by molar-refractivity contribution is -0.122. The lowest BCUT2D eigenvalue weighted by Crippen LogP contribution is -2.38. The molecule has 2 aromatic rings. The van der Waals surface area contributed by atoms with Crippen molar-refractivity contribution in [3.05, 3.63) is 54.1 Å². The van der Waals surface area contributed by atoms with Gasteiger partial charge in [-0.05, 0) is 49.2 Å². The highest BCUT2D eigenvalue weighted by Crippen LogP contribution is 2.26. The van der Waals surface area contributed by atoms with E-state index in [1.807, 2.05) is 0 Å². The fraction of sp³-hybridized carbons (Fsp3) is 0.391. The molecule has 0 radical (unpaired) electrons. The maximum absolute atomic E-state index is 13.0. The van der Waals surface area contributed by atoms with Crippen molar-refractivity contribution in [2.45, 2.75) is 43.0 Å². The predicted octanol–water partition coefficient (Wildman–Crippen LogP) is 3.02. The van der Waals surface area contributed by atoms with E-state index in [0.717, 1.165) is 32.1 Å². The van der Waals surface area contributed by atoms with Gasteiger partial charge in [-0.15, -0.1) is 0 Å². The Hall–Kier alpha value is -2.91. The van der Waals surface area contributed by atoms with Crippen molar-refractivity contribution in [1.29, 1.82) is 0 Å². The molecule has 8 nitrogen and oxygen atoms in total. The third kappa shape index (κ3) is 5.86. The SMILES string of the molecule is CNC(=O)COc1cccc(NC(=O)c2ccc(S(=O)(=O)N(C)C3CCCCC3)cc2)c1. The van der Waals surface area contributed by atoms with E-state index in [1.165, 1.54) is 35.6 Å². The maximum Gasteiger partial charge on any atom is 0.257 e. The van der Waals surface area contributed by atoms with Crippen LogP contribution >= 0.6 is 0 Å². The quantitative estimate of drug-likeness (QED) is 0.631. The second-order valence-electron chi connectivity index (χ2n) is 7.78. The third-order valence-corrected chi connectivity index (χ3v) is 7.55. The van der Waals surface area contributed by atoms with Crippen molar-refractivity contribution < 1.29 is 22.7 Å². The van der Waals surface area contributed by atoms with Crippen molar-refractivity contribution in [2.24, 2.45) is 0 Å². The van der Waals surface area contributed by atoms with Gasteiger partial charge in [-0.1, -0.05) is 25.3 Å². The van der Waals surface area contributed by atoms with Crippen LogP contribution in [0.3, 0.4) is 0 Å². The largest absolute Gasteiger partial charge is 0.484 e. The van der Waals surface area contributed by atoms with Crippen molar-refractivity contribution in [3.63, 3.8) is 0 Å². The average molecular weight is 460 g/mol. The number of hydrogen-bond donors (Lipinski definition) is 2. The zero-order valence-electron chi connectivity index (χ0n) is 18.3. The Labute approximate surface area is 189 Å². The van der Waals surface area contributed by atoms with Crippen LogP contribution in [0.4, 0.5) is 5.69 Å². The number of anilines is 1. The van der Waals surface area contributed by atoms with E-state index in [-0.39, 0.29) is 29.4 Å². The fourth-order valence-electron chi connectivity index (χ4n) is 3.67. The molecule has 0 aromatic heterocycles. The first-order valence-corrected chi connectivity index (χ1v) is 12.1. The van der Waals surface area contributed by atoms with Gasteiger partial charge in [-0.25, -0.2) is 8.42 Å². The number of ether oxygens (including phenoxy) is 1. The number of nitrogens with one attached hydrogen (secondary N) is 2. The minimum Gasteiger partial charge on any atom is -0.484 e. The predicted molar refractivity (Wildman–Crippen MR) is 122 cm³/mol. The molecule has 0 spiro atoms. The molecule has 0 unspecified atom stereocenters. The number of sulfonamides is 1. The Bertz CT molecular complexity index is 1050. The van der Waals surface area contributed by atoms with Crippen LogP contribution in [-0.4, -0.2) is 51.3 Å². The number of likely N-dealkylation sites (N-methyl/N-ethyl adjacent to an activating group) is 1. The second-order valence-corrected chi connectivity index (χ2v) is 9.78. The van der Waals surface area contributed by atoms with Gasteiger partial charge in [-0.3, -0.25) is 9.59 Å². The molecule has 0 aliphatic heterocycles. The first kappa shape index (κ1) is 23.7. The van der Waals surface area contributed by atoms with Crippen LogP contribution in [-0.2, 0) is 14.8 Å². The monoisotopic (exact) mass is 459 g/mol. The third-order valence-electron chi connectivity index (χ3n) is 5.62. The number of hydrogen-bond acceptors (Lipinski definition) is 5. The molecule has 2 aromatic carbocycles. The second kappa shape index (κ2) is 10.6. The summed E-state index contributed by atoms with van der Waals surface area (Å²) < 4.78 is 32.8. The lowest BCUT2D eigenvalue weighted by atomic mass is 9.96. The van der Waals surface area contributed by atoms with E-state index < -0.39 is 10.0 Å². The van der Waals surface area contributed by atoms with E-state index in [0.29, 0.717) is 17.0 Å². The lowest BCUT2D eigenvalue weighted by Gasteiger charge is -2.30. The van der Waals surface area contributed by atoms with Crippen molar-refractivity contribution in [2.75, 3.05) is 26.0 Å².